The first-order valence-corrected chi connectivity index (χ1v) is 21.8. The predicted molar refractivity (Wildman–Crippen MR) is 213 cm³/mol. The van der Waals surface area contributed by atoms with Crippen LogP contribution in [0.2, 0.25) is 0 Å². The lowest BCUT2D eigenvalue weighted by molar-refractivity contribution is -0.438. The van der Waals surface area contributed by atoms with E-state index in [0.717, 1.165) is 30.6 Å². The maximum Gasteiger partial charge on any atom is 0.264 e. The van der Waals surface area contributed by atoms with Gasteiger partial charge in [0.2, 0.25) is 5.69 Å². The van der Waals surface area contributed by atoms with Gasteiger partial charge >= 0.3 is 0 Å². The van der Waals surface area contributed by atoms with Gasteiger partial charge in [-0.3, -0.25) is 9.11 Å². The normalized spacial score (nSPS) is 20.4. The molecule has 8 nitrogen and oxygen atoms in total. The van der Waals surface area contributed by atoms with Crippen molar-refractivity contribution < 1.29 is 30.5 Å². The molecule has 0 bridgehead atoms. The highest BCUT2D eigenvalue weighted by atomic mass is 32.2. The number of anilines is 1. The van der Waals surface area contributed by atoms with Gasteiger partial charge in [-0.05, 0) is 92.2 Å². The van der Waals surface area contributed by atoms with E-state index in [0.29, 0.717) is 38.8 Å². The molecule has 2 aliphatic heterocycles. The van der Waals surface area contributed by atoms with Gasteiger partial charge in [0, 0.05) is 47.5 Å². The number of para-hydroxylation sites is 2. The molecule has 0 spiro atoms. The van der Waals surface area contributed by atoms with Crippen molar-refractivity contribution in [3.63, 3.8) is 0 Å². The molecule has 2 aromatic rings. The Labute approximate surface area is 312 Å². The minimum absolute atomic E-state index is 0.109. The molecule has 282 valence electrons. The number of hydrogen-bond acceptors (Lipinski definition) is 5. The van der Waals surface area contributed by atoms with Gasteiger partial charge in [-0.1, -0.05) is 83.2 Å². The van der Waals surface area contributed by atoms with Crippen LogP contribution in [0.4, 0.5) is 11.4 Å². The Morgan fingerprint density at radius 2 is 1.38 bits per heavy atom. The molecule has 0 saturated carbocycles. The average molecular weight is 750 g/mol. The molecule has 0 aromatic heterocycles. The van der Waals surface area contributed by atoms with E-state index in [9.17, 15) is 25.9 Å². The highest BCUT2D eigenvalue weighted by molar-refractivity contribution is 7.86. The molecule has 0 atom stereocenters. The van der Waals surface area contributed by atoms with Crippen molar-refractivity contribution in [2.24, 2.45) is 5.41 Å². The monoisotopic (exact) mass is 749 g/mol. The second-order valence-electron chi connectivity index (χ2n) is 16.5. The Kier molecular flexibility index (Phi) is 11.7. The lowest BCUT2D eigenvalue weighted by Gasteiger charge is -2.32. The van der Waals surface area contributed by atoms with Crippen LogP contribution in [0.5, 0.6) is 0 Å². The molecule has 0 saturated heterocycles. The van der Waals surface area contributed by atoms with Crippen LogP contribution < -0.4 is 4.90 Å². The number of nitrogens with zero attached hydrogens (tertiary/aromatic N) is 2. The van der Waals surface area contributed by atoms with Crippen molar-refractivity contribution in [1.29, 1.82) is 0 Å². The zero-order valence-electron chi connectivity index (χ0n) is 31.9. The first-order valence-electron chi connectivity index (χ1n) is 18.6. The van der Waals surface area contributed by atoms with Crippen LogP contribution in [0.1, 0.15) is 105 Å². The first-order chi connectivity index (χ1) is 24.2. The summed E-state index contributed by atoms with van der Waals surface area (Å²) >= 11 is 0. The molecule has 5 rings (SSSR count). The summed E-state index contributed by atoms with van der Waals surface area (Å²) in [5.41, 5.74) is 10.5. The van der Waals surface area contributed by atoms with Crippen molar-refractivity contribution in [2.75, 3.05) is 29.5 Å². The predicted octanol–water partition coefficient (Wildman–Crippen LogP) is 9.09. The third-order valence-corrected chi connectivity index (χ3v) is 12.4. The van der Waals surface area contributed by atoms with Gasteiger partial charge < -0.3 is 4.90 Å². The first kappa shape index (κ1) is 39.9. The summed E-state index contributed by atoms with van der Waals surface area (Å²) in [6.45, 7) is 17.1. The van der Waals surface area contributed by atoms with Crippen LogP contribution in [0.25, 0.3) is 0 Å². The molecule has 2 heterocycles. The summed E-state index contributed by atoms with van der Waals surface area (Å²) in [4.78, 5) is 2.32. The van der Waals surface area contributed by atoms with Gasteiger partial charge in [-0.25, -0.2) is 0 Å². The number of rotatable bonds is 13. The molecule has 1 aliphatic carbocycles. The Hall–Kier alpha value is -3.31. The topological polar surface area (TPSA) is 115 Å². The Morgan fingerprint density at radius 1 is 0.769 bits per heavy atom. The van der Waals surface area contributed by atoms with Gasteiger partial charge in [-0.15, -0.1) is 0 Å². The lowest BCUT2D eigenvalue weighted by atomic mass is 9.73. The van der Waals surface area contributed by atoms with Crippen molar-refractivity contribution in [3.05, 3.63) is 106 Å². The van der Waals surface area contributed by atoms with Crippen LogP contribution in [0.3, 0.4) is 0 Å². The van der Waals surface area contributed by atoms with Crippen LogP contribution in [-0.2, 0) is 31.1 Å². The molecule has 3 aliphatic rings. The SMILES string of the molecule is CC(C)(C)C1=C(/C=C/C2=[N+](CCCCS(=O)(=O)O)c3ccccc3C2(C)C)CCC/C1=C\C=C1\N(CCCCS(=O)(=O)O)c2ccccc2C1(C)C. The van der Waals surface area contributed by atoms with Crippen molar-refractivity contribution in [2.45, 2.75) is 104 Å². The fraction of sp³-hybridized carbons (Fsp3) is 0.500. The van der Waals surface area contributed by atoms with Crippen LogP contribution in [-0.4, -0.2) is 60.8 Å². The standard InChI is InChI=1S/C42H56N2O6S2/c1-40(2,3)39-31(23-25-37-41(4,5)33-19-8-10-21-35(33)43(37)27-12-14-29-51(45,46)47)17-16-18-32(39)24-26-38-42(6,7)34-20-9-11-22-36(34)44(38)28-13-15-30-52(48,49)50/h8-11,19-26H,12-18,27-30H2,1-7H3,(H-,45,46,47,48,49,50)/p+1. The minimum atomic E-state index is -4.00. The Morgan fingerprint density at radius 3 is 2.04 bits per heavy atom. The summed E-state index contributed by atoms with van der Waals surface area (Å²) in [5, 5.41) is 0. The van der Waals surface area contributed by atoms with Gasteiger partial charge in [-0.2, -0.15) is 21.4 Å². The highest BCUT2D eigenvalue weighted by Gasteiger charge is 2.44. The largest absolute Gasteiger partial charge is 0.344 e. The number of allylic oxidation sites excluding steroid dienone is 8. The summed E-state index contributed by atoms with van der Waals surface area (Å²) < 4.78 is 66.5. The van der Waals surface area contributed by atoms with Crippen molar-refractivity contribution >= 4 is 37.3 Å². The van der Waals surface area contributed by atoms with E-state index in [4.69, 9.17) is 0 Å². The fourth-order valence-corrected chi connectivity index (χ4v) is 9.59. The summed E-state index contributed by atoms with van der Waals surface area (Å²) in [6, 6.07) is 16.9. The summed E-state index contributed by atoms with van der Waals surface area (Å²) in [5.74, 6) is -0.474. The highest BCUT2D eigenvalue weighted by Crippen LogP contribution is 2.49. The Balaban J connectivity index is 1.52. The van der Waals surface area contributed by atoms with Crippen molar-refractivity contribution in [1.82, 2.24) is 0 Å². The van der Waals surface area contributed by atoms with Crippen LogP contribution >= 0.6 is 0 Å². The lowest BCUT2D eigenvalue weighted by Crippen LogP contribution is -2.28. The number of unbranched alkanes of at least 4 members (excludes halogenated alkanes) is 2. The van der Waals surface area contributed by atoms with Crippen LogP contribution in [0, 0.1) is 5.41 Å². The van der Waals surface area contributed by atoms with Gasteiger partial charge in [0.1, 0.15) is 6.54 Å². The summed E-state index contributed by atoms with van der Waals surface area (Å²) in [6.07, 6.45) is 14.2. The molecule has 52 heavy (non-hydrogen) atoms. The molecular formula is C42H57N2O6S2+. The van der Waals surface area contributed by atoms with Gasteiger partial charge in [0.15, 0.2) is 5.71 Å². The second-order valence-corrected chi connectivity index (χ2v) is 19.7. The number of benzene rings is 2. The molecule has 0 unspecified atom stereocenters. The van der Waals surface area contributed by atoms with E-state index in [1.54, 1.807) is 0 Å². The van der Waals surface area contributed by atoms with Crippen LogP contribution in [0.15, 0.2) is 95.3 Å². The molecule has 0 fully saturated rings. The quantitative estimate of drug-likeness (QED) is 0.119. The van der Waals surface area contributed by atoms with E-state index < -0.39 is 20.2 Å². The van der Waals surface area contributed by atoms with Crippen molar-refractivity contribution in [3.8, 4) is 0 Å². The molecule has 2 aromatic carbocycles. The second kappa shape index (κ2) is 15.2. The molecule has 2 N–H and O–H groups in total. The number of fused-ring (bicyclic) bond motifs is 2. The van der Waals surface area contributed by atoms with E-state index in [1.807, 2.05) is 12.1 Å². The fourth-order valence-electron chi connectivity index (χ4n) is 8.45. The maximum absolute atomic E-state index is 11.4. The zero-order chi connectivity index (χ0) is 38.1. The molecule has 0 amide bonds. The minimum Gasteiger partial charge on any atom is -0.344 e. The number of hydrogen-bond donors (Lipinski definition) is 2. The molecule has 10 heteroatoms. The molecule has 0 radical (unpaired) electrons. The Bertz CT molecular complexity index is 2060. The third-order valence-electron chi connectivity index (χ3n) is 10.8. The van der Waals surface area contributed by atoms with E-state index >= 15 is 0 Å². The van der Waals surface area contributed by atoms with E-state index in [2.05, 4.69) is 119 Å². The van der Waals surface area contributed by atoms with Gasteiger partial charge in [0.25, 0.3) is 20.2 Å². The summed E-state index contributed by atoms with van der Waals surface area (Å²) in [7, 11) is -7.99. The average Bonchev–Trinajstić information content (AvgIpc) is 3.40. The molecular weight excluding hydrogens is 693 g/mol. The smallest absolute Gasteiger partial charge is 0.264 e. The third kappa shape index (κ3) is 8.89. The van der Waals surface area contributed by atoms with E-state index in [1.165, 1.54) is 39.3 Å². The zero-order valence-corrected chi connectivity index (χ0v) is 33.6. The van der Waals surface area contributed by atoms with E-state index in [-0.39, 0.29) is 27.8 Å². The maximum atomic E-state index is 11.4. The van der Waals surface area contributed by atoms with Gasteiger partial charge in [0.05, 0.1) is 16.9 Å².